The molecule has 0 atom stereocenters. The molecule has 0 saturated carbocycles. The first-order valence-electron chi connectivity index (χ1n) is 6.43. The molecule has 0 spiro atoms. The van der Waals surface area contributed by atoms with Gasteiger partial charge in [-0.2, -0.15) is 0 Å². The Hall–Kier alpha value is 0.250. The van der Waals surface area contributed by atoms with Gasteiger partial charge in [-0.05, 0) is 33.2 Å². The highest BCUT2D eigenvalue weighted by molar-refractivity contribution is 6.17. The number of unbranched alkanes of at least 4 members (excludes halogenated alkanes) is 4. The third-order valence-corrected chi connectivity index (χ3v) is 3.09. The lowest BCUT2D eigenvalue weighted by molar-refractivity contribution is 0.348. The van der Waals surface area contributed by atoms with E-state index in [1.807, 2.05) is 0 Å². The third kappa shape index (κ3) is 10.5. The molecule has 0 radical (unpaired) electrons. The number of hydrogen-bond donors (Lipinski definition) is 1. The van der Waals surface area contributed by atoms with Crippen LogP contribution in [-0.2, 0) is 0 Å². The molecule has 0 fully saturated rings. The largest absolute Gasteiger partial charge is 0.312 e. The van der Waals surface area contributed by atoms with Crippen molar-refractivity contribution in [3.8, 4) is 0 Å². The van der Waals surface area contributed by atoms with Crippen LogP contribution in [0, 0.1) is 0 Å². The molecule has 92 valence electrons. The zero-order chi connectivity index (χ0) is 11.6. The van der Waals surface area contributed by atoms with Gasteiger partial charge in [0.05, 0.1) is 0 Å². The average molecular weight is 234 g/mol. The minimum absolute atomic E-state index is 0.290. The maximum absolute atomic E-state index is 5.65. The highest BCUT2D eigenvalue weighted by Gasteiger charge is 2.15. The first-order valence-corrected chi connectivity index (χ1v) is 6.97. The second-order valence-electron chi connectivity index (χ2n) is 5.02. The molecule has 0 aliphatic rings. The Balaban J connectivity index is 3.38. The van der Waals surface area contributed by atoms with Crippen LogP contribution in [0.25, 0.3) is 0 Å². The predicted octanol–water partition coefficient (Wildman–Crippen LogP) is 4.34. The van der Waals surface area contributed by atoms with Gasteiger partial charge in [-0.1, -0.05) is 39.0 Å². The summed E-state index contributed by atoms with van der Waals surface area (Å²) >= 11 is 5.65. The summed E-state index contributed by atoms with van der Waals surface area (Å²) in [5.41, 5.74) is 0.290. The van der Waals surface area contributed by atoms with Crippen molar-refractivity contribution in [2.75, 3.05) is 12.4 Å². The van der Waals surface area contributed by atoms with Crippen molar-refractivity contribution in [3.05, 3.63) is 0 Å². The molecule has 0 amide bonds. The predicted molar refractivity (Wildman–Crippen MR) is 70.8 cm³/mol. The fraction of sp³-hybridized carbons (Fsp3) is 1.00. The van der Waals surface area contributed by atoms with E-state index in [0.29, 0.717) is 0 Å². The lowest BCUT2D eigenvalue weighted by Gasteiger charge is -2.26. The molecule has 0 unspecified atom stereocenters. The first-order chi connectivity index (χ1) is 7.12. The molecule has 0 heterocycles. The number of halogens is 1. The van der Waals surface area contributed by atoms with E-state index in [0.717, 1.165) is 18.8 Å². The Kier molecular flexibility index (Phi) is 9.63. The fourth-order valence-corrected chi connectivity index (χ4v) is 1.89. The number of alkyl halides is 1. The van der Waals surface area contributed by atoms with Crippen molar-refractivity contribution in [1.29, 1.82) is 0 Å². The smallest absolute Gasteiger partial charge is 0.0235 e. The summed E-state index contributed by atoms with van der Waals surface area (Å²) in [4.78, 5) is 0. The maximum Gasteiger partial charge on any atom is 0.0235 e. The number of rotatable bonds is 10. The summed E-state index contributed by atoms with van der Waals surface area (Å²) in [6.45, 7) is 7.89. The standard InChI is InChI=1S/C13H28ClN/c1-4-5-6-7-8-10-13(2,3)15-12-9-11-14/h15H,4-12H2,1-3H3. The van der Waals surface area contributed by atoms with Crippen LogP contribution in [0.3, 0.4) is 0 Å². The second-order valence-corrected chi connectivity index (χ2v) is 5.40. The molecule has 2 heteroatoms. The first kappa shape index (κ1) is 15.2. The molecule has 0 aromatic carbocycles. The van der Waals surface area contributed by atoms with E-state index in [4.69, 9.17) is 11.6 Å². The topological polar surface area (TPSA) is 12.0 Å². The van der Waals surface area contributed by atoms with E-state index < -0.39 is 0 Å². The Bertz CT molecular complexity index is 134. The van der Waals surface area contributed by atoms with Crippen LogP contribution in [0.15, 0.2) is 0 Å². The summed E-state index contributed by atoms with van der Waals surface area (Å²) in [7, 11) is 0. The van der Waals surface area contributed by atoms with Gasteiger partial charge in [-0.3, -0.25) is 0 Å². The highest BCUT2D eigenvalue weighted by Crippen LogP contribution is 2.15. The third-order valence-electron chi connectivity index (χ3n) is 2.82. The molecule has 15 heavy (non-hydrogen) atoms. The van der Waals surface area contributed by atoms with Crippen LogP contribution in [-0.4, -0.2) is 18.0 Å². The minimum atomic E-state index is 0.290. The van der Waals surface area contributed by atoms with Crippen LogP contribution in [0.4, 0.5) is 0 Å². The molecule has 0 aliphatic carbocycles. The van der Waals surface area contributed by atoms with Gasteiger partial charge in [0.15, 0.2) is 0 Å². The Morgan fingerprint density at radius 1 is 1.00 bits per heavy atom. The molecule has 0 saturated heterocycles. The fourth-order valence-electron chi connectivity index (χ4n) is 1.75. The van der Waals surface area contributed by atoms with Crippen molar-refractivity contribution in [2.45, 2.75) is 71.3 Å². The van der Waals surface area contributed by atoms with Crippen molar-refractivity contribution in [2.24, 2.45) is 0 Å². The van der Waals surface area contributed by atoms with Gasteiger partial charge in [-0.15, -0.1) is 11.6 Å². The van der Waals surface area contributed by atoms with E-state index in [1.165, 1.54) is 38.5 Å². The summed E-state index contributed by atoms with van der Waals surface area (Å²) in [5, 5.41) is 3.57. The van der Waals surface area contributed by atoms with E-state index in [9.17, 15) is 0 Å². The van der Waals surface area contributed by atoms with Gasteiger partial charge in [0, 0.05) is 11.4 Å². The van der Waals surface area contributed by atoms with Crippen molar-refractivity contribution >= 4 is 11.6 Å². The van der Waals surface area contributed by atoms with Crippen molar-refractivity contribution in [3.63, 3.8) is 0 Å². The van der Waals surface area contributed by atoms with Crippen LogP contribution < -0.4 is 5.32 Å². The Morgan fingerprint density at radius 3 is 2.27 bits per heavy atom. The summed E-state index contributed by atoms with van der Waals surface area (Å²) in [6, 6.07) is 0. The normalized spacial score (nSPS) is 12.0. The molecule has 0 bridgehead atoms. The quantitative estimate of drug-likeness (QED) is 0.437. The number of nitrogens with one attached hydrogen (secondary N) is 1. The highest BCUT2D eigenvalue weighted by atomic mass is 35.5. The Morgan fingerprint density at radius 2 is 1.67 bits per heavy atom. The average Bonchev–Trinajstić information content (AvgIpc) is 2.17. The van der Waals surface area contributed by atoms with Crippen molar-refractivity contribution in [1.82, 2.24) is 5.32 Å². The van der Waals surface area contributed by atoms with Gasteiger partial charge in [0.2, 0.25) is 0 Å². The molecule has 0 aromatic heterocycles. The monoisotopic (exact) mass is 233 g/mol. The lowest BCUT2D eigenvalue weighted by atomic mass is 9.96. The lowest BCUT2D eigenvalue weighted by Crippen LogP contribution is -2.39. The minimum Gasteiger partial charge on any atom is -0.312 e. The van der Waals surface area contributed by atoms with E-state index in [2.05, 4.69) is 26.1 Å². The van der Waals surface area contributed by atoms with Crippen LogP contribution in [0.1, 0.15) is 65.7 Å². The molecule has 1 N–H and O–H groups in total. The van der Waals surface area contributed by atoms with E-state index in [-0.39, 0.29) is 5.54 Å². The zero-order valence-corrected chi connectivity index (χ0v) is 11.5. The summed E-state index contributed by atoms with van der Waals surface area (Å²) in [6.07, 6.45) is 9.20. The molecule has 0 aromatic rings. The van der Waals surface area contributed by atoms with Crippen LogP contribution in [0.2, 0.25) is 0 Å². The molecule has 0 rings (SSSR count). The molecule has 1 nitrogen and oxygen atoms in total. The summed E-state index contributed by atoms with van der Waals surface area (Å²) in [5.74, 6) is 0.763. The SMILES string of the molecule is CCCCCCCC(C)(C)NCCCCl. The maximum atomic E-state index is 5.65. The van der Waals surface area contributed by atoms with Gasteiger partial charge in [0.1, 0.15) is 0 Å². The Labute approximate surface area is 101 Å². The molecular formula is C13H28ClN. The van der Waals surface area contributed by atoms with Gasteiger partial charge >= 0.3 is 0 Å². The molecular weight excluding hydrogens is 206 g/mol. The zero-order valence-electron chi connectivity index (χ0n) is 10.7. The summed E-state index contributed by atoms with van der Waals surface area (Å²) < 4.78 is 0. The van der Waals surface area contributed by atoms with E-state index >= 15 is 0 Å². The van der Waals surface area contributed by atoms with Crippen LogP contribution in [0.5, 0.6) is 0 Å². The van der Waals surface area contributed by atoms with Gasteiger partial charge < -0.3 is 5.32 Å². The van der Waals surface area contributed by atoms with E-state index in [1.54, 1.807) is 0 Å². The van der Waals surface area contributed by atoms with Gasteiger partial charge in [-0.25, -0.2) is 0 Å². The van der Waals surface area contributed by atoms with Crippen LogP contribution >= 0.6 is 11.6 Å². The van der Waals surface area contributed by atoms with Gasteiger partial charge in [0.25, 0.3) is 0 Å². The molecule has 0 aliphatic heterocycles. The second kappa shape index (κ2) is 9.47. The van der Waals surface area contributed by atoms with Crippen molar-refractivity contribution < 1.29 is 0 Å². The number of hydrogen-bond acceptors (Lipinski definition) is 1.